The number of rotatable bonds is 2. The van der Waals surface area contributed by atoms with Crippen molar-refractivity contribution in [2.45, 2.75) is 101 Å². The molecule has 0 saturated heterocycles. The van der Waals surface area contributed by atoms with Crippen molar-refractivity contribution in [3.63, 3.8) is 0 Å². The lowest BCUT2D eigenvalue weighted by molar-refractivity contribution is -0.644. The first-order valence-corrected chi connectivity index (χ1v) is 40.7. The molecule has 18 aromatic rings. The molecule has 28 heteroatoms. The number of ether oxygens (including phenoxy) is 1. The average molecular weight is 1770 g/mol. The molecule has 19 rings (SSSR count). The number of para-hydroxylation sites is 2. The highest BCUT2D eigenvalue weighted by Gasteiger charge is 2.40. The van der Waals surface area contributed by atoms with E-state index in [-0.39, 0.29) is 71.4 Å². The van der Waals surface area contributed by atoms with E-state index in [1.54, 1.807) is 78.4 Å². The van der Waals surface area contributed by atoms with Crippen molar-refractivity contribution < 1.29 is 54.0 Å². The van der Waals surface area contributed by atoms with E-state index in [0.29, 0.717) is 51.0 Å². The predicted molar refractivity (Wildman–Crippen MR) is 497 cm³/mol. The van der Waals surface area contributed by atoms with Crippen molar-refractivity contribution in [3.05, 3.63) is 379 Å². The Balaban J connectivity index is 0.000000134. The van der Waals surface area contributed by atoms with Crippen molar-refractivity contribution in [1.29, 1.82) is 5.26 Å². The summed E-state index contributed by atoms with van der Waals surface area (Å²) < 4.78 is 102. The Labute approximate surface area is 737 Å². The first-order chi connectivity index (χ1) is 60.9. The number of nitrogens with one attached hydrogen (secondary N) is 3. The van der Waals surface area contributed by atoms with Gasteiger partial charge in [-0.15, -0.1) is 0 Å². The Morgan fingerprint density at radius 1 is 0.481 bits per heavy atom. The maximum absolute atomic E-state index is 12.7. The third kappa shape index (κ3) is 20.7. The van der Waals surface area contributed by atoms with E-state index in [4.69, 9.17) is 35.5 Å². The molecule has 0 radical (unpaired) electrons. The van der Waals surface area contributed by atoms with Crippen LogP contribution in [0.25, 0.3) is 98.5 Å². The number of benzene rings is 9. The Hall–Kier alpha value is -15.2. The van der Waals surface area contributed by atoms with Crippen LogP contribution in [0.4, 0.5) is 32.0 Å². The van der Waals surface area contributed by atoms with Crippen LogP contribution in [-0.4, -0.2) is 47.0 Å². The summed E-state index contributed by atoms with van der Waals surface area (Å²) >= 11 is 5.17. The molecule has 0 bridgehead atoms. The molecule has 0 aliphatic carbocycles. The molecule has 21 nitrogen and oxygen atoms in total. The van der Waals surface area contributed by atoms with Gasteiger partial charge in [-0.05, 0) is 222 Å². The maximum atomic E-state index is 12.7. The van der Waals surface area contributed by atoms with Crippen LogP contribution in [0.5, 0.6) is 11.6 Å². The lowest BCUT2D eigenvalue weighted by Crippen LogP contribution is -2.35. The Morgan fingerprint density at radius 3 is 1.60 bits per heavy atom. The lowest BCUT2D eigenvalue weighted by atomic mass is 9.79. The van der Waals surface area contributed by atoms with Crippen LogP contribution >= 0.6 is 12.2 Å². The number of halogens is 6. The highest BCUT2D eigenvalue weighted by molar-refractivity contribution is 7.71. The number of hydrogen-bond donors (Lipinski definition) is 4. The van der Waals surface area contributed by atoms with Crippen LogP contribution in [0.15, 0.2) is 270 Å². The number of aromatic hydroxyl groups is 1. The minimum atomic E-state index is -4.55. The van der Waals surface area contributed by atoms with Crippen LogP contribution in [0, 0.1) is 85.3 Å². The van der Waals surface area contributed by atoms with E-state index >= 15 is 0 Å². The molecule has 1 aliphatic heterocycles. The number of aryl methyl sites for hydroxylation is 11. The minimum Gasteiger partial charge on any atom is -0.497 e. The van der Waals surface area contributed by atoms with E-state index < -0.39 is 40.1 Å². The molecule has 9 aromatic carbocycles. The number of methoxy groups -OCH3 is 1. The zero-order valence-electron chi connectivity index (χ0n) is 73.1. The number of nitrogens with zero attached hydrogens (tertiary/aromatic N) is 6. The highest BCUT2D eigenvalue weighted by atomic mass is 32.1. The van der Waals surface area contributed by atoms with Gasteiger partial charge < -0.3 is 38.0 Å². The van der Waals surface area contributed by atoms with Gasteiger partial charge in [-0.25, -0.2) is 19.1 Å². The van der Waals surface area contributed by atoms with Crippen LogP contribution in [0.1, 0.15) is 97.4 Å². The average Bonchev–Trinajstić information content (AvgIpc) is 1.50. The fourth-order valence-corrected chi connectivity index (χ4v) is 15.0. The van der Waals surface area contributed by atoms with Gasteiger partial charge in [-0.1, -0.05) is 105 Å². The van der Waals surface area contributed by atoms with Gasteiger partial charge in [-0.2, -0.15) is 31.6 Å². The third-order valence-electron chi connectivity index (χ3n) is 21.6. The number of aliphatic imine (C=N–C) groups is 1. The summed E-state index contributed by atoms with van der Waals surface area (Å²) in [6.07, 6.45) is -6.99. The number of H-pyrrole nitrogens is 3. The van der Waals surface area contributed by atoms with Gasteiger partial charge in [0.2, 0.25) is 33.7 Å². The summed E-state index contributed by atoms with van der Waals surface area (Å²) in [5.74, 6) is 0.765. The van der Waals surface area contributed by atoms with Gasteiger partial charge in [0.15, 0.2) is 16.4 Å². The van der Waals surface area contributed by atoms with Gasteiger partial charge in [0, 0.05) is 110 Å². The number of aromatic nitrogens is 7. The third-order valence-corrected chi connectivity index (χ3v) is 22.2. The largest absolute Gasteiger partial charge is 0.497 e. The Morgan fingerprint density at radius 2 is 0.977 bits per heavy atom. The van der Waals surface area contributed by atoms with E-state index in [9.17, 15) is 65.0 Å². The zero-order chi connectivity index (χ0) is 93.7. The van der Waals surface area contributed by atoms with E-state index in [1.165, 1.54) is 68.1 Å². The van der Waals surface area contributed by atoms with Crippen molar-refractivity contribution in [2.24, 2.45) is 26.1 Å². The monoisotopic (exact) mass is 1760 g/mol. The van der Waals surface area contributed by atoms with Crippen molar-refractivity contribution >= 4 is 122 Å². The number of nitriles is 1. The zero-order valence-corrected chi connectivity index (χ0v) is 73.9. The molecule has 0 amide bonds. The number of pyridine rings is 5. The second-order valence-corrected chi connectivity index (χ2v) is 32.1. The standard InChI is InChI=1S/C17H19N3O2S.C14H8N2O2.C14H11NO.C12H14NO.C11H8F3NO.C11H7F3O2.C11H11NO.C11H10O2/c1-9-6-7-10-11(8-9)18-13(17(10,2)3)12-14(21)19(4)16(23)20(5)15(12)22;1-8-9(7-15)6-11-13(17)10-4-2-3-5-12(10)18-14(11)16-8;1-9-6-7-11-13(8-9)15-12-5-3-2-4-10(12)14(11)16;1-9-6-7-13(2)12-5-4-10(14-3)8-11(9)12;1-6-2-3-7-8(11(12,13)14)5-10(16)15-9(7)4-6;1-6-2-3-7-8(11(12,13)14)5-10(15)16-9(7)4-6;1-7-3-4-9-8(2)6-11(13)12-10(9)5-7;1-7-3-4-9-8(2)6-11(12)13-10(9)5-7/h6-8,21H,1-5H3;2-6H,1H3;2-8H,1H3,(H,15,16);4-8H,1-3H3;2-5H,1H3,(H,15,16);2-5H,1H3;3-6H,1-2H3,(H,12,13);3-6H,1-2H3/q;;;+1;;;;. The summed E-state index contributed by atoms with van der Waals surface area (Å²) in [5.41, 5.74) is 13.7. The van der Waals surface area contributed by atoms with Gasteiger partial charge in [0.05, 0.1) is 57.1 Å². The topological polar surface area (TPSA) is 299 Å². The molecular formula is C101H88F6N9O12S+. The normalized spacial score (nSPS) is 11.9. The molecule has 0 atom stereocenters. The summed E-state index contributed by atoms with van der Waals surface area (Å²) in [6, 6.07) is 63.2. The number of hydrogen-bond acceptors (Lipinski definition) is 16. The predicted octanol–water partition coefficient (Wildman–Crippen LogP) is 20.9. The van der Waals surface area contributed by atoms with Crippen LogP contribution in [0.3, 0.4) is 0 Å². The van der Waals surface area contributed by atoms with E-state index in [2.05, 4.69) is 60.8 Å². The molecule has 4 N–H and O–H groups in total. The molecule has 9 aromatic heterocycles. The fourth-order valence-electron chi connectivity index (χ4n) is 14.8. The molecular weight excluding hydrogens is 1680 g/mol. The Bertz CT molecular complexity index is 7910. The van der Waals surface area contributed by atoms with Gasteiger partial charge in [0.1, 0.15) is 41.2 Å². The first kappa shape index (κ1) is 92.9. The molecule has 10 heterocycles. The lowest BCUT2D eigenvalue weighted by Gasteiger charge is -2.23. The molecule has 656 valence electrons. The summed E-state index contributed by atoms with van der Waals surface area (Å²) in [7, 11) is 6.99. The van der Waals surface area contributed by atoms with Crippen LogP contribution in [-0.2, 0) is 38.9 Å². The number of fused-ring (bicyclic) bond motifs is 10. The number of aromatic amines is 3. The van der Waals surface area contributed by atoms with Crippen molar-refractivity contribution in [3.8, 4) is 17.7 Å². The quantitative estimate of drug-likeness (QED) is 0.0411. The van der Waals surface area contributed by atoms with E-state index in [0.717, 1.165) is 99.6 Å². The van der Waals surface area contributed by atoms with Gasteiger partial charge in [-0.3, -0.25) is 38.1 Å². The molecule has 0 saturated carbocycles. The number of alkyl halides is 6. The smallest absolute Gasteiger partial charge is 0.417 e. The van der Waals surface area contributed by atoms with E-state index in [1.807, 2.05) is 172 Å². The molecule has 0 spiro atoms. The molecule has 1 aliphatic rings. The SMILES string of the molecule is COc1ccc2c(c1)c(C)cc[n+]2C.Cc1ccc2c(=O)c3ccccc3[nH]c2c1.Cc1ccc2c(C(F)(F)F)cc(=O)[nH]c2c1.Cc1ccc2c(C(F)(F)F)cc(=O)oc2c1.Cc1ccc2c(C)cc(=O)[nH]c2c1.Cc1ccc2c(C)cc(=O)oc2c1.Cc1ccc2c(c1)N=C(c1c(O)n(C)c(=S)n(C)c1=O)C2(C)C.Cc1nc2oc3ccccc3c(=O)c2cc1C#N. The Kier molecular flexibility index (Phi) is 27.3. The summed E-state index contributed by atoms with van der Waals surface area (Å²) in [4.78, 5) is 98.8. The summed E-state index contributed by atoms with van der Waals surface area (Å²) in [5, 5.41) is 25.1. The second kappa shape index (κ2) is 37.9. The van der Waals surface area contributed by atoms with Crippen molar-refractivity contribution in [1.82, 2.24) is 29.1 Å². The fraction of sp³-hybridized carbons (Fsp3) is 0.188. The maximum Gasteiger partial charge on any atom is 0.417 e. The van der Waals surface area contributed by atoms with Gasteiger partial charge in [0.25, 0.3) is 5.56 Å². The molecule has 129 heavy (non-hydrogen) atoms. The first-order valence-electron chi connectivity index (χ1n) is 40.2. The summed E-state index contributed by atoms with van der Waals surface area (Å²) in [6.45, 7) is 23.2. The second-order valence-electron chi connectivity index (χ2n) is 31.7. The van der Waals surface area contributed by atoms with Crippen LogP contribution < -0.4 is 48.1 Å². The van der Waals surface area contributed by atoms with Crippen molar-refractivity contribution in [2.75, 3.05) is 7.11 Å². The molecule has 0 fully saturated rings. The van der Waals surface area contributed by atoms with Gasteiger partial charge >= 0.3 is 23.6 Å². The highest BCUT2D eigenvalue weighted by Crippen LogP contribution is 2.43. The molecule has 0 unspecified atom stereocenters. The van der Waals surface area contributed by atoms with Crippen LogP contribution in [0.2, 0.25) is 0 Å². The minimum absolute atomic E-state index is 0.0118.